The van der Waals surface area contributed by atoms with E-state index in [0.717, 1.165) is 0 Å². The maximum atomic E-state index is 13.9. The second kappa shape index (κ2) is 6.13. The molecule has 0 amide bonds. The van der Waals surface area contributed by atoms with Crippen LogP contribution >= 0.6 is 0 Å². The van der Waals surface area contributed by atoms with Crippen LogP contribution in [-0.2, 0) is 6.54 Å². The summed E-state index contributed by atoms with van der Waals surface area (Å²) in [5, 5.41) is 2.81. The van der Waals surface area contributed by atoms with Gasteiger partial charge in [-0.05, 0) is 24.7 Å². The minimum atomic E-state index is -4.79. The highest BCUT2D eigenvalue weighted by Gasteiger charge is 2.32. The highest BCUT2D eigenvalue weighted by atomic mass is 19.4. The van der Waals surface area contributed by atoms with Crippen molar-refractivity contribution in [2.24, 2.45) is 0 Å². The molecule has 0 bridgehead atoms. The monoisotopic (exact) mass is 299 g/mol. The van der Waals surface area contributed by atoms with Crippen LogP contribution in [0.25, 0.3) is 11.1 Å². The van der Waals surface area contributed by atoms with Gasteiger partial charge in [0.1, 0.15) is 11.6 Å². The molecule has 2 nitrogen and oxygen atoms in total. The molecule has 112 valence electrons. The lowest BCUT2D eigenvalue weighted by molar-refractivity contribution is -0.274. The summed E-state index contributed by atoms with van der Waals surface area (Å²) < 4.78 is 55.0. The Balaban J connectivity index is 2.40. The van der Waals surface area contributed by atoms with Crippen molar-refractivity contribution < 1.29 is 22.3 Å². The zero-order valence-corrected chi connectivity index (χ0v) is 11.2. The third kappa shape index (κ3) is 3.95. The van der Waals surface area contributed by atoms with E-state index in [1.807, 2.05) is 0 Å². The minimum Gasteiger partial charge on any atom is -0.405 e. The van der Waals surface area contributed by atoms with Crippen molar-refractivity contribution >= 4 is 0 Å². The fourth-order valence-electron chi connectivity index (χ4n) is 1.97. The molecule has 0 heterocycles. The Bertz CT molecular complexity index is 625. The highest BCUT2D eigenvalue weighted by molar-refractivity contribution is 5.70. The third-order valence-electron chi connectivity index (χ3n) is 2.84. The molecule has 2 aromatic rings. The first-order chi connectivity index (χ1) is 9.90. The van der Waals surface area contributed by atoms with Gasteiger partial charge in [-0.25, -0.2) is 4.39 Å². The number of alkyl halides is 3. The summed E-state index contributed by atoms with van der Waals surface area (Å²) >= 11 is 0. The first-order valence-corrected chi connectivity index (χ1v) is 6.19. The van der Waals surface area contributed by atoms with Crippen molar-refractivity contribution in [3.63, 3.8) is 0 Å². The molecule has 0 saturated carbocycles. The molecule has 2 rings (SSSR count). The number of nitrogens with one attached hydrogen (secondary N) is 1. The normalized spacial score (nSPS) is 11.5. The van der Waals surface area contributed by atoms with Gasteiger partial charge < -0.3 is 10.1 Å². The summed E-state index contributed by atoms with van der Waals surface area (Å²) in [5.41, 5.74) is 0.951. The smallest absolute Gasteiger partial charge is 0.405 e. The van der Waals surface area contributed by atoms with E-state index in [1.165, 1.54) is 30.3 Å². The van der Waals surface area contributed by atoms with Crippen LogP contribution in [0.15, 0.2) is 42.5 Å². The van der Waals surface area contributed by atoms with Crippen LogP contribution in [0.3, 0.4) is 0 Å². The lowest BCUT2D eigenvalue weighted by Crippen LogP contribution is -2.17. The average molecular weight is 299 g/mol. The molecular formula is C15H13F4NO. The predicted octanol–water partition coefficient (Wildman–Crippen LogP) is 4.11. The zero-order chi connectivity index (χ0) is 15.5. The van der Waals surface area contributed by atoms with Crippen molar-refractivity contribution in [2.75, 3.05) is 7.05 Å². The van der Waals surface area contributed by atoms with Gasteiger partial charge in [0.2, 0.25) is 0 Å². The quantitative estimate of drug-likeness (QED) is 0.858. The molecule has 0 aliphatic heterocycles. The Morgan fingerprint density at radius 1 is 1.10 bits per heavy atom. The second-order valence-corrected chi connectivity index (χ2v) is 4.38. The molecule has 0 aromatic heterocycles. The van der Waals surface area contributed by atoms with Gasteiger partial charge in [-0.2, -0.15) is 0 Å². The van der Waals surface area contributed by atoms with Gasteiger partial charge in [0, 0.05) is 17.7 Å². The van der Waals surface area contributed by atoms with Crippen molar-refractivity contribution in [3.05, 3.63) is 53.8 Å². The number of benzene rings is 2. The van der Waals surface area contributed by atoms with Crippen LogP contribution in [0.2, 0.25) is 0 Å². The molecule has 0 unspecified atom stereocenters. The number of halogens is 4. The van der Waals surface area contributed by atoms with Gasteiger partial charge >= 0.3 is 6.36 Å². The molecule has 0 radical (unpaired) electrons. The van der Waals surface area contributed by atoms with Crippen LogP contribution < -0.4 is 10.1 Å². The Morgan fingerprint density at radius 2 is 1.81 bits per heavy atom. The lowest BCUT2D eigenvalue weighted by Gasteiger charge is -2.14. The van der Waals surface area contributed by atoms with Crippen LogP contribution in [0.5, 0.6) is 5.75 Å². The molecule has 0 saturated heterocycles. The summed E-state index contributed by atoms with van der Waals surface area (Å²) in [5.74, 6) is -0.838. The third-order valence-corrected chi connectivity index (χ3v) is 2.84. The van der Waals surface area contributed by atoms with Gasteiger partial charge in [0.15, 0.2) is 0 Å². The Kier molecular flexibility index (Phi) is 4.47. The number of rotatable bonds is 4. The van der Waals surface area contributed by atoms with Gasteiger partial charge in [0.25, 0.3) is 0 Å². The number of para-hydroxylation sites is 1. The number of hydrogen-bond acceptors (Lipinski definition) is 2. The fourth-order valence-corrected chi connectivity index (χ4v) is 1.97. The second-order valence-electron chi connectivity index (χ2n) is 4.38. The molecule has 0 fully saturated rings. The van der Waals surface area contributed by atoms with Crippen LogP contribution in [-0.4, -0.2) is 13.4 Å². The molecule has 2 aromatic carbocycles. The van der Waals surface area contributed by atoms with E-state index in [1.54, 1.807) is 19.2 Å². The zero-order valence-electron chi connectivity index (χ0n) is 11.2. The fraction of sp³-hybridized carbons (Fsp3) is 0.200. The Morgan fingerprint density at radius 3 is 2.43 bits per heavy atom. The maximum Gasteiger partial charge on any atom is 0.573 e. The standard InChI is InChI=1S/C15H13F4NO/c1-20-9-11-7-6-10(8-13(11)16)12-4-2-3-5-14(12)21-15(17,18)19/h2-8,20H,9H2,1H3. The molecule has 0 spiro atoms. The minimum absolute atomic E-state index is 0.185. The molecule has 1 N–H and O–H groups in total. The summed E-state index contributed by atoms with van der Waals surface area (Å²) in [6, 6.07) is 9.94. The Labute approximate surface area is 119 Å². The molecule has 6 heteroatoms. The van der Waals surface area contributed by atoms with Gasteiger partial charge in [0.05, 0.1) is 0 Å². The summed E-state index contributed by atoms with van der Waals surface area (Å²) in [6.45, 7) is 0.340. The van der Waals surface area contributed by atoms with Crippen molar-refractivity contribution in [3.8, 4) is 16.9 Å². The van der Waals surface area contributed by atoms with Crippen molar-refractivity contribution in [1.29, 1.82) is 0 Å². The van der Waals surface area contributed by atoms with E-state index in [9.17, 15) is 17.6 Å². The lowest BCUT2D eigenvalue weighted by atomic mass is 10.0. The van der Waals surface area contributed by atoms with Crippen LogP contribution in [0.1, 0.15) is 5.56 Å². The number of hydrogen-bond donors (Lipinski definition) is 1. The van der Waals surface area contributed by atoms with E-state index < -0.39 is 12.2 Å². The van der Waals surface area contributed by atoms with E-state index in [0.29, 0.717) is 17.7 Å². The predicted molar refractivity (Wildman–Crippen MR) is 71.3 cm³/mol. The van der Waals surface area contributed by atoms with Gasteiger partial charge in [-0.3, -0.25) is 0 Å². The van der Waals surface area contributed by atoms with E-state index in [-0.39, 0.29) is 11.3 Å². The largest absolute Gasteiger partial charge is 0.573 e. The molecular weight excluding hydrogens is 286 g/mol. The van der Waals surface area contributed by atoms with Gasteiger partial charge in [-0.15, -0.1) is 13.2 Å². The summed E-state index contributed by atoms with van der Waals surface area (Å²) in [4.78, 5) is 0. The molecule has 0 atom stereocenters. The summed E-state index contributed by atoms with van der Waals surface area (Å²) in [6.07, 6.45) is -4.79. The topological polar surface area (TPSA) is 21.3 Å². The van der Waals surface area contributed by atoms with E-state index in [2.05, 4.69) is 10.1 Å². The van der Waals surface area contributed by atoms with Gasteiger partial charge in [-0.1, -0.05) is 30.3 Å². The number of ether oxygens (including phenoxy) is 1. The van der Waals surface area contributed by atoms with Crippen LogP contribution in [0.4, 0.5) is 17.6 Å². The highest BCUT2D eigenvalue weighted by Crippen LogP contribution is 2.34. The Hall–Kier alpha value is -2.08. The first-order valence-electron chi connectivity index (χ1n) is 6.19. The summed E-state index contributed by atoms with van der Waals surface area (Å²) in [7, 11) is 1.68. The van der Waals surface area contributed by atoms with Crippen molar-refractivity contribution in [2.45, 2.75) is 12.9 Å². The van der Waals surface area contributed by atoms with E-state index in [4.69, 9.17) is 0 Å². The molecule has 21 heavy (non-hydrogen) atoms. The average Bonchev–Trinajstić information content (AvgIpc) is 2.40. The molecule has 0 aliphatic rings. The van der Waals surface area contributed by atoms with Crippen LogP contribution in [0, 0.1) is 5.82 Å². The maximum absolute atomic E-state index is 13.9. The van der Waals surface area contributed by atoms with E-state index >= 15 is 0 Å². The molecule has 0 aliphatic carbocycles. The SMILES string of the molecule is CNCc1ccc(-c2ccccc2OC(F)(F)F)cc1F. The first kappa shape index (κ1) is 15.3. The van der Waals surface area contributed by atoms with Crippen molar-refractivity contribution in [1.82, 2.24) is 5.32 Å².